The number of carbonyl (C=O) groups is 2. The van der Waals surface area contributed by atoms with Gasteiger partial charge in [-0.05, 0) is 102 Å². The Kier molecular flexibility index (Phi) is 55.4. The van der Waals surface area contributed by atoms with Crippen LogP contribution in [0.4, 0.5) is 0 Å². The van der Waals surface area contributed by atoms with E-state index in [1.807, 2.05) is 39.4 Å². The van der Waals surface area contributed by atoms with Crippen molar-refractivity contribution in [1.82, 2.24) is 5.32 Å². The summed E-state index contributed by atoms with van der Waals surface area (Å²) in [6.07, 6.45) is 79.4. The highest BCUT2D eigenvalue weighted by atomic mass is 31.2. The zero-order valence-electron chi connectivity index (χ0n) is 51.8. The van der Waals surface area contributed by atoms with Crippen LogP contribution >= 0.6 is 7.82 Å². The Bertz CT molecular complexity index is 1720. The first-order valence-electron chi connectivity index (χ1n) is 32.2. The molecular weight excluding hydrogens is 1000 g/mol. The molecule has 454 valence electrons. The van der Waals surface area contributed by atoms with E-state index in [9.17, 15) is 19.0 Å². The zero-order valence-corrected chi connectivity index (χ0v) is 52.7. The monoisotopic (exact) mass is 1120 g/mol. The topological polar surface area (TPSA) is 114 Å². The molecule has 0 aliphatic rings. The molecule has 0 spiro atoms. The zero-order chi connectivity index (χ0) is 57.9. The first-order chi connectivity index (χ1) is 38.4. The van der Waals surface area contributed by atoms with Gasteiger partial charge >= 0.3 is 5.97 Å². The molecule has 0 heterocycles. The first kappa shape index (κ1) is 75.7. The van der Waals surface area contributed by atoms with E-state index in [0.717, 1.165) is 89.9 Å². The molecule has 3 unspecified atom stereocenters. The normalized spacial score (nSPS) is 14.4. The number of carbonyl (C=O) groups excluding carboxylic acids is 2. The van der Waals surface area contributed by atoms with Gasteiger partial charge in [0.1, 0.15) is 19.3 Å². The fourth-order valence-electron chi connectivity index (χ4n) is 8.75. The average molecular weight is 1120 g/mol. The summed E-state index contributed by atoms with van der Waals surface area (Å²) in [5.41, 5.74) is 0. The number of rotatable bonds is 57. The van der Waals surface area contributed by atoms with E-state index in [-0.39, 0.29) is 18.9 Å². The van der Waals surface area contributed by atoms with E-state index < -0.39 is 32.5 Å². The molecule has 10 heteroatoms. The lowest BCUT2D eigenvalue weighted by atomic mass is 10.0. The van der Waals surface area contributed by atoms with Crippen LogP contribution in [0, 0.1) is 0 Å². The van der Waals surface area contributed by atoms with Crippen LogP contribution in [-0.2, 0) is 27.9 Å². The van der Waals surface area contributed by atoms with E-state index >= 15 is 0 Å². The minimum Gasteiger partial charge on any atom is -0.756 e. The summed E-state index contributed by atoms with van der Waals surface area (Å²) in [5.74, 6) is -0.643. The minimum absolute atomic E-state index is 0.0382. The summed E-state index contributed by atoms with van der Waals surface area (Å²) >= 11 is 0. The largest absolute Gasteiger partial charge is 0.756 e. The minimum atomic E-state index is -4.72. The molecule has 0 radical (unpaired) electrons. The van der Waals surface area contributed by atoms with Crippen LogP contribution in [-0.4, -0.2) is 69.4 Å². The lowest BCUT2D eigenvalue weighted by Crippen LogP contribution is -2.47. The fourth-order valence-corrected chi connectivity index (χ4v) is 9.48. The number of phosphoric ester groups is 1. The second-order valence-electron chi connectivity index (χ2n) is 22.5. The molecule has 79 heavy (non-hydrogen) atoms. The van der Waals surface area contributed by atoms with Crippen LogP contribution in [0.5, 0.6) is 0 Å². The number of ether oxygens (including phenoxy) is 1. The Morgan fingerprint density at radius 2 is 0.823 bits per heavy atom. The van der Waals surface area contributed by atoms with Crippen LogP contribution in [0.3, 0.4) is 0 Å². The van der Waals surface area contributed by atoms with Crippen molar-refractivity contribution in [2.24, 2.45) is 0 Å². The number of unbranched alkanes of at least 4 members (excludes halogenated alkanes) is 25. The van der Waals surface area contributed by atoms with Crippen molar-refractivity contribution in [3.05, 3.63) is 109 Å². The molecule has 0 saturated carbocycles. The van der Waals surface area contributed by atoms with Gasteiger partial charge in [0.2, 0.25) is 5.91 Å². The lowest BCUT2D eigenvalue weighted by Gasteiger charge is -2.30. The van der Waals surface area contributed by atoms with Gasteiger partial charge in [-0.25, -0.2) is 0 Å². The van der Waals surface area contributed by atoms with E-state index in [1.165, 1.54) is 135 Å². The smallest absolute Gasteiger partial charge is 0.306 e. The van der Waals surface area contributed by atoms with Crippen molar-refractivity contribution in [3.63, 3.8) is 0 Å². The summed E-state index contributed by atoms with van der Waals surface area (Å²) in [6.45, 7) is 6.65. The number of hydrogen-bond donors (Lipinski definition) is 1. The molecule has 0 aromatic rings. The molecule has 0 rings (SSSR count). The number of nitrogens with one attached hydrogen (secondary N) is 1. The molecular formula is C69H121N2O7P. The number of likely N-dealkylation sites (N-methyl/N-ethyl adjacent to an activating group) is 1. The summed E-state index contributed by atoms with van der Waals surface area (Å²) in [5, 5.41) is 3.01. The molecule has 0 fully saturated rings. The molecule has 1 amide bonds. The predicted octanol–water partition coefficient (Wildman–Crippen LogP) is 19.5. The lowest BCUT2D eigenvalue weighted by molar-refractivity contribution is -0.870. The number of nitrogens with zero attached hydrogens (tertiary/aromatic N) is 1. The summed E-state index contributed by atoms with van der Waals surface area (Å²) < 4.78 is 30.2. The van der Waals surface area contributed by atoms with Gasteiger partial charge in [-0.2, -0.15) is 0 Å². The summed E-state index contributed by atoms with van der Waals surface area (Å²) in [7, 11) is 1.14. The van der Waals surface area contributed by atoms with E-state index in [4.69, 9.17) is 13.8 Å². The number of amides is 1. The van der Waals surface area contributed by atoms with Gasteiger partial charge in [0, 0.05) is 12.8 Å². The first-order valence-corrected chi connectivity index (χ1v) is 33.7. The molecule has 1 N–H and O–H groups in total. The number of esters is 1. The highest BCUT2D eigenvalue weighted by Gasteiger charge is 2.27. The second-order valence-corrected chi connectivity index (χ2v) is 23.9. The molecule has 0 saturated heterocycles. The third-order valence-corrected chi connectivity index (χ3v) is 14.7. The highest BCUT2D eigenvalue weighted by molar-refractivity contribution is 7.45. The third kappa shape index (κ3) is 59.1. The Morgan fingerprint density at radius 1 is 0.456 bits per heavy atom. The van der Waals surface area contributed by atoms with E-state index in [0.29, 0.717) is 23.9 Å². The van der Waals surface area contributed by atoms with Gasteiger partial charge in [0.05, 0.1) is 33.8 Å². The van der Waals surface area contributed by atoms with E-state index in [2.05, 4.69) is 111 Å². The maximum Gasteiger partial charge on any atom is 0.306 e. The van der Waals surface area contributed by atoms with Crippen molar-refractivity contribution in [2.45, 2.75) is 277 Å². The van der Waals surface area contributed by atoms with Gasteiger partial charge in [-0.15, -0.1) is 0 Å². The molecule has 0 aromatic heterocycles. The van der Waals surface area contributed by atoms with Crippen LogP contribution in [0.1, 0.15) is 265 Å². The standard InChI is InChI=1S/C69H121N2O7P/c1-7-10-13-16-19-22-25-27-29-31-33-34-35-36-38-39-41-43-46-49-52-55-58-61-68(72)70-66(65-77-79(74,75)76-64-63-71(4,5)6)67(60-57-54-51-48-45-24-21-18-15-12-9-3)78-69(73)62-59-56-53-50-47-44-42-40-37-32-30-28-26-23-20-17-14-11-8-2/h11,14,19-20,22-23,27-30,37,40,44,47,53,56-57,60,66-67H,7-10,12-13,15-18,21,24-26,31-36,38-39,41-43,45-46,48-52,54-55,58-59,61-65H2,1-6H3,(H-,70,72,74,75)/b14-11-,22-19-,23-20-,29-27-,30-28-,40-37-,47-44-,56-53-,60-57-. The van der Waals surface area contributed by atoms with Gasteiger partial charge in [0.25, 0.3) is 7.82 Å². The Labute approximate surface area is 487 Å². The number of phosphoric acid groups is 1. The molecule has 0 aromatic carbocycles. The Hall–Kier alpha value is -3.33. The quantitative estimate of drug-likeness (QED) is 0.0212. The van der Waals surface area contributed by atoms with Gasteiger partial charge < -0.3 is 28.5 Å². The molecule has 0 aliphatic carbocycles. The van der Waals surface area contributed by atoms with Crippen molar-refractivity contribution < 1.29 is 37.3 Å². The fraction of sp³-hybridized carbons (Fsp3) is 0.710. The van der Waals surface area contributed by atoms with Crippen molar-refractivity contribution >= 4 is 19.7 Å². The second kappa shape index (κ2) is 57.9. The molecule has 0 aliphatic heterocycles. The van der Waals surface area contributed by atoms with Gasteiger partial charge in [-0.1, -0.05) is 259 Å². The Balaban J connectivity index is 5.24. The maximum absolute atomic E-state index is 13.5. The van der Waals surface area contributed by atoms with Crippen molar-refractivity contribution in [2.75, 3.05) is 40.9 Å². The van der Waals surface area contributed by atoms with Crippen LogP contribution in [0.25, 0.3) is 0 Å². The van der Waals surface area contributed by atoms with Crippen molar-refractivity contribution in [1.29, 1.82) is 0 Å². The molecule has 3 atom stereocenters. The number of hydrogen-bond acceptors (Lipinski definition) is 7. The summed E-state index contributed by atoms with van der Waals surface area (Å²) in [4.78, 5) is 40.0. The van der Waals surface area contributed by atoms with Gasteiger partial charge in [0.15, 0.2) is 0 Å². The number of quaternary nitrogens is 1. The average Bonchev–Trinajstić information content (AvgIpc) is 3.41. The van der Waals surface area contributed by atoms with E-state index in [1.54, 1.807) is 6.08 Å². The predicted molar refractivity (Wildman–Crippen MR) is 339 cm³/mol. The third-order valence-electron chi connectivity index (χ3n) is 13.7. The van der Waals surface area contributed by atoms with Crippen LogP contribution in [0.2, 0.25) is 0 Å². The SMILES string of the molecule is CC/C=C\C/C=C\C/C=C\C/C=C\C/C=C\C/C=C\CCC(=O)OC(/C=C\CCCCCCCCCCC)C(COP(=O)([O-])OCC[N+](C)(C)C)NC(=O)CCCCCCCCCCCCCCC/C=C\C/C=C\CCCCC. The highest BCUT2D eigenvalue weighted by Crippen LogP contribution is 2.38. The molecule has 9 nitrogen and oxygen atoms in total. The summed E-state index contributed by atoms with van der Waals surface area (Å²) in [6, 6.07) is -0.925. The maximum atomic E-state index is 13.5. The van der Waals surface area contributed by atoms with Gasteiger partial charge in [-0.3, -0.25) is 14.2 Å². The van der Waals surface area contributed by atoms with Crippen molar-refractivity contribution in [3.8, 4) is 0 Å². The molecule has 0 bridgehead atoms. The number of allylic oxidation sites excluding steroid dienone is 17. The Morgan fingerprint density at radius 3 is 1.27 bits per heavy atom. The van der Waals surface area contributed by atoms with Crippen LogP contribution < -0.4 is 10.2 Å². The van der Waals surface area contributed by atoms with Crippen LogP contribution in [0.15, 0.2) is 109 Å².